The number of hydrogen-bond acceptors (Lipinski definition) is 1. The molecule has 1 atom stereocenters. The number of carbonyl (C=O) groups is 1. The third kappa shape index (κ3) is 2.90. The van der Waals surface area contributed by atoms with Crippen molar-refractivity contribution in [1.82, 2.24) is 9.47 Å². The molecule has 0 radical (unpaired) electrons. The Morgan fingerprint density at radius 3 is 2.29 bits per heavy atom. The molecule has 2 heterocycles. The van der Waals surface area contributed by atoms with Crippen LogP contribution in [0.1, 0.15) is 39.2 Å². The lowest BCUT2D eigenvalue weighted by Crippen LogP contribution is -2.35. The molecule has 1 saturated heterocycles. The first kappa shape index (κ1) is 12.2. The van der Waals surface area contributed by atoms with Crippen LogP contribution in [0.15, 0.2) is 24.5 Å². The van der Waals surface area contributed by atoms with Gasteiger partial charge in [-0.2, -0.15) is 0 Å². The summed E-state index contributed by atoms with van der Waals surface area (Å²) in [7, 11) is 0. The molecule has 0 bridgehead atoms. The molecule has 94 valence electrons. The van der Waals surface area contributed by atoms with Gasteiger partial charge in [-0.25, -0.2) is 0 Å². The normalized spacial score (nSPS) is 17.7. The first-order valence-corrected chi connectivity index (χ1v) is 6.59. The van der Waals surface area contributed by atoms with E-state index >= 15 is 0 Å². The minimum atomic E-state index is -0.0110. The highest BCUT2D eigenvalue weighted by Gasteiger charge is 2.27. The van der Waals surface area contributed by atoms with Gasteiger partial charge in [0, 0.05) is 25.5 Å². The van der Waals surface area contributed by atoms with Gasteiger partial charge < -0.3 is 9.47 Å². The van der Waals surface area contributed by atoms with Crippen LogP contribution < -0.4 is 0 Å². The Labute approximate surface area is 103 Å². The Hall–Kier alpha value is -1.25. The molecular formula is C14H22N2O. The van der Waals surface area contributed by atoms with Crippen molar-refractivity contribution >= 4 is 5.91 Å². The van der Waals surface area contributed by atoms with E-state index in [0.717, 1.165) is 32.4 Å². The molecular weight excluding hydrogens is 212 g/mol. The van der Waals surface area contributed by atoms with Gasteiger partial charge in [-0.15, -0.1) is 0 Å². The standard InChI is InChI=1S/C14H22N2O/c1-12(2)11-13(15-7-3-4-8-15)14(17)16-9-5-6-10-16/h3-4,7-8,12-13H,5-6,9-11H2,1-2H3/t13-/m0/s1. The van der Waals surface area contributed by atoms with E-state index in [4.69, 9.17) is 0 Å². The molecule has 1 fully saturated rings. The molecule has 0 aromatic carbocycles. The summed E-state index contributed by atoms with van der Waals surface area (Å²) < 4.78 is 2.06. The molecule has 17 heavy (non-hydrogen) atoms. The van der Waals surface area contributed by atoms with Crippen molar-refractivity contribution in [3.8, 4) is 0 Å². The van der Waals surface area contributed by atoms with E-state index in [1.807, 2.05) is 29.4 Å². The molecule has 3 nitrogen and oxygen atoms in total. The summed E-state index contributed by atoms with van der Waals surface area (Å²) in [5.74, 6) is 0.835. The van der Waals surface area contributed by atoms with Crippen LogP contribution in [0.3, 0.4) is 0 Å². The predicted octanol–water partition coefficient (Wildman–Crippen LogP) is 2.70. The maximum absolute atomic E-state index is 12.5. The summed E-state index contributed by atoms with van der Waals surface area (Å²) in [4.78, 5) is 14.5. The summed E-state index contributed by atoms with van der Waals surface area (Å²) >= 11 is 0. The zero-order chi connectivity index (χ0) is 12.3. The highest BCUT2D eigenvalue weighted by Crippen LogP contribution is 2.22. The van der Waals surface area contributed by atoms with Crippen molar-refractivity contribution in [2.75, 3.05) is 13.1 Å². The molecule has 1 amide bonds. The van der Waals surface area contributed by atoms with E-state index < -0.39 is 0 Å². The fourth-order valence-electron chi connectivity index (χ4n) is 2.50. The average molecular weight is 234 g/mol. The summed E-state index contributed by atoms with van der Waals surface area (Å²) in [6, 6.07) is 3.97. The van der Waals surface area contributed by atoms with E-state index in [1.54, 1.807) is 0 Å². The molecule has 0 saturated carbocycles. The zero-order valence-electron chi connectivity index (χ0n) is 10.8. The van der Waals surface area contributed by atoms with Crippen LogP contribution in [-0.2, 0) is 4.79 Å². The molecule has 1 aromatic heterocycles. The Bertz CT molecular complexity index is 350. The first-order chi connectivity index (χ1) is 8.18. The smallest absolute Gasteiger partial charge is 0.245 e. The van der Waals surface area contributed by atoms with Crippen molar-refractivity contribution in [2.45, 2.75) is 39.2 Å². The Balaban J connectivity index is 2.12. The van der Waals surface area contributed by atoms with Crippen LogP contribution in [0, 0.1) is 5.92 Å². The lowest BCUT2D eigenvalue weighted by molar-refractivity contribution is -0.134. The van der Waals surface area contributed by atoms with E-state index in [9.17, 15) is 4.79 Å². The van der Waals surface area contributed by atoms with Crippen molar-refractivity contribution in [3.63, 3.8) is 0 Å². The average Bonchev–Trinajstić information content (AvgIpc) is 2.96. The second-order valence-electron chi connectivity index (χ2n) is 5.31. The molecule has 0 aliphatic carbocycles. The van der Waals surface area contributed by atoms with Crippen LogP contribution in [0.2, 0.25) is 0 Å². The van der Waals surface area contributed by atoms with Crippen molar-refractivity contribution in [1.29, 1.82) is 0 Å². The quantitative estimate of drug-likeness (QED) is 0.786. The van der Waals surface area contributed by atoms with E-state index in [1.165, 1.54) is 0 Å². The number of rotatable bonds is 4. The Morgan fingerprint density at radius 1 is 1.18 bits per heavy atom. The number of hydrogen-bond donors (Lipinski definition) is 0. The fourth-order valence-corrected chi connectivity index (χ4v) is 2.50. The summed E-state index contributed by atoms with van der Waals surface area (Å²) in [5.41, 5.74) is 0. The highest BCUT2D eigenvalue weighted by molar-refractivity contribution is 5.80. The number of carbonyl (C=O) groups excluding carboxylic acids is 1. The second kappa shape index (κ2) is 5.39. The van der Waals surface area contributed by atoms with Crippen molar-refractivity contribution < 1.29 is 4.79 Å². The van der Waals surface area contributed by atoms with Gasteiger partial charge in [0.1, 0.15) is 6.04 Å². The van der Waals surface area contributed by atoms with Crippen LogP contribution in [0.4, 0.5) is 0 Å². The number of amides is 1. The largest absolute Gasteiger partial charge is 0.342 e. The van der Waals surface area contributed by atoms with E-state index in [2.05, 4.69) is 18.4 Å². The van der Waals surface area contributed by atoms with Gasteiger partial charge in [-0.1, -0.05) is 13.8 Å². The van der Waals surface area contributed by atoms with Gasteiger partial charge in [0.25, 0.3) is 0 Å². The Morgan fingerprint density at radius 2 is 1.76 bits per heavy atom. The number of likely N-dealkylation sites (tertiary alicyclic amines) is 1. The second-order valence-corrected chi connectivity index (χ2v) is 5.31. The van der Waals surface area contributed by atoms with Gasteiger partial charge in [0.2, 0.25) is 5.91 Å². The fraction of sp³-hybridized carbons (Fsp3) is 0.643. The molecule has 0 spiro atoms. The zero-order valence-corrected chi connectivity index (χ0v) is 10.8. The highest BCUT2D eigenvalue weighted by atomic mass is 16.2. The van der Waals surface area contributed by atoms with Gasteiger partial charge in [0.05, 0.1) is 0 Å². The van der Waals surface area contributed by atoms with E-state index in [0.29, 0.717) is 11.8 Å². The third-order valence-corrected chi connectivity index (χ3v) is 3.38. The van der Waals surface area contributed by atoms with Crippen molar-refractivity contribution in [3.05, 3.63) is 24.5 Å². The summed E-state index contributed by atoms with van der Waals surface area (Å²) in [6.45, 7) is 6.23. The Kier molecular flexibility index (Phi) is 3.87. The lowest BCUT2D eigenvalue weighted by Gasteiger charge is -2.25. The van der Waals surface area contributed by atoms with Crippen LogP contribution in [-0.4, -0.2) is 28.5 Å². The van der Waals surface area contributed by atoms with Crippen LogP contribution in [0.5, 0.6) is 0 Å². The topological polar surface area (TPSA) is 25.2 Å². The minimum absolute atomic E-state index is 0.0110. The maximum atomic E-state index is 12.5. The molecule has 1 aliphatic rings. The van der Waals surface area contributed by atoms with Gasteiger partial charge in [-0.3, -0.25) is 4.79 Å². The molecule has 1 aliphatic heterocycles. The number of nitrogens with zero attached hydrogens (tertiary/aromatic N) is 2. The molecule has 1 aromatic rings. The summed E-state index contributed by atoms with van der Waals surface area (Å²) in [6.07, 6.45) is 7.24. The molecule has 0 N–H and O–H groups in total. The van der Waals surface area contributed by atoms with E-state index in [-0.39, 0.29) is 6.04 Å². The predicted molar refractivity (Wildman–Crippen MR) is 68.7 cm³/mol. The van der Waals surface area contributed by atoms with Crippen molar-refractivity contribution in [2.24, 2.45) is 5.92 Å². The van der Waals surface area contributed by atoms with Gasteiger partial charge in [0.15, 0.2) is 0 Å². The van der Waals surface area contributed by atoms with Crippen LogP contribution >= 0.6 is 0 Å². The maximum Gasteiger partial charge on any atom is 0.245 e. The first-order valence-electron chi connectivity index (χ1n) is 6.59. The number of aromatic nitrogens is 1. The molecule has 3 heteroatoms. The van der Waals surface area contributed by atoms with Gasteiger partial charge in [-0.05, 0) is 37.3 Å². The summed E-state index contributed by atoms with van der Waals surface area (Å²) in [5, 5.41) is 0. The molecule has 0 unspecified atom stereocenters. The van der Waals surface area contributed by atoms with Gasteiger partial charge >= 0.3 is 0 Å². The lowest BCUT2D eigenvalue weighted by atomic mass is 10.0. The third-order valence-electron chi connectivity index (χ3n) is 3.38. The van der Waals surface area contributed by atoms with Crippen LogP contribution in [0.25, 0.3) is 0 Å². The minimum Gasteiger partial charge on any atom is -0.342 e. The molecule has 2 rings (SSSR count). The SMILES string of the molecule is CC(C)C[C@@H](C(=O)N1CCCC1)n1cccc1. The monoisotopic (exact) mass is 234 g/mol.